The third-order valence-electron chi connectivity index (χ3n) is 8.03. The minimum atomic E-state index is -0.855. The third-order valence-corrected chi connectivity index (χ3v) is 10.4. The molecule has 3 aliphatic rings. The topological polar surface area (TPSA) is 98.7 Å². The predicted molar refractivity (Wildman–Crippen MR) is 141 cm³/mol. The minimum absolute atomic E-state index is 0.0328. The minimum Gasteiger partial charge on any atom is -0.394 e. The van der Waals surface area contributed by atoms with Crippen molar-refractivity contribution in [3.8, 4) is 0 Å². The highest BCUT2D eigenvalue weighted by molar-refractivity contribution is 8.02. The van der Waals surface area contributed by atoms with Crippen LogP contribution in [-0.2, 0) is 20.8 Å². The van der Waals surface area contributed by atoms with Gasteiger partial charge in [-0.2, -0.15) is 0 Å². The molecule has 190 valence electrons. The van der Waals surface area contributed by atoms with Crippen LogP contribution in [0.25, 0.3) is 0 Å². The monoisotopic (exact) mass is 527 g/mol. The lowest BCUT2D eigenvalue weighted by molar-refractivity contribution is -0.142. The maximum atomic E-state index is 14.2. The largest absolute Gasteiger partial charge is 0.394 e. The van der Waals surface area contributed by atoms with Gasteiger partial charge in [-0.1, -0.05) is 61.0 Å². The van der Waals surface area contributed by atoms with E-state index in [0.717, 1.165) is 12.0 Å². The fourth-order valence-corrected chi connectivity index (χ4v) is 9.11. The number of halogens is 1. The maximum absolute atomic E-state index is 14.2. The molecule has 3 N–H and O–H groups in total. The van der Waals surface area contributed by atoms with Crippen LogP contribution in [0.3, 0.4) is 0 Å². The van der Waals surface area contributed by atoms with Gasteiger partial charge in [0.25, 0.3) is 0 Å². The average Bonchev–Trinajstić information content (AvgIpc) is 3.47. The van der Waals surface area contributed by atoms with E-state index in [1.165, 1.54) is 0 Å². The van der Waals surface area contributed by atoms with Gasteiger partial charge in [0.2, 0.25) is 17.7 Å². The normalized spacial score (nSPS) is 31.3. The summed E-state index contributed by atoms with van der Waals surface area (Å²) >= 11 is 7.95. The molecule has 36 heavy (non-hydrogen) atoms. The Morgan fingerprint density at radius 1 is 1.17 bits per heavy atom. The highest BCUT2D eigenvalue weighted by atomic mass is 35.5. The molecule has 7 nitrogen and oxygen atoms in total. The summed E-state index contributed by atoms with van der Waals surface area (Å²) in [7, 11) is 1.58. The van der Waals surface area contributed by atoms with Crippen LogP contribution >= 0.6 is 23.4 Å². The number of aliphatic hydroxyl groups excluding tert-OH is 1. The van der Waals surface area contributed by atoms with E-state index in [2.05, 4.69) is 17.6 Å². The molecular weight excluding hydrogens is 498 g/mol. The van der Waals surface area contributed by atoms with Crippen LogP contribution in [0.1, 0.15) is 18.9 Å². The molecular formula is C27H30ClN3O4S. The molecule has 2 aromatic carbocycles. The van der Waals surface area contributed by atoms with E-state index in [-0.39, 0.29) is 35.5 Å². The Hall–Kier alpha value is -2.55. The summed E-state index contributed by atoms with van der Waals surface area (Å²) in [6, 6.07) is 15.1. The van der Waals surface area contributed by atoms with E-state index in [4.69, 9.17) is 11.6 Å². The number of hydrogen-bond acceptors (Lipinski definition) is 5. The zero-order valence-electron chi connectivity index (χ0n) is 20.2. The Morgan fingerprint density at radius 3 is 2.53 bits per heavy atom. The molecule has 3 aliphatic heterocycles. The van der Waals surface area contributed by atoms with Gasteiger partial charge < -0.3 is 20.6 Å². The molecule has 2 aromatic rings. The lowest BCUT2D eigenvalue weighted by Crippen LogP contribution is -2.57. The first-order chi connectivity index (χ1) is 17.3. The van der Waals surface area contributed by atoms with Crippen LogP contribution in [0.5, 0.6) is 0 Å². The lowest BCUT2D eigenvalue weighted by atomic mass is 9.66. The van der Waals surface area contributed by atoms with E-state index >= 15 is 0 Å². The van der Waals surface area contributed by atoms with Crippen molar-refractivity contribution < 1.29 is 19.5 Å². The summed E-state index contributed by atoms with van der Waals surface area (Å²) in [5.41, 5.74) is 1.42. The zero-order chi connectivity index (χ0) is 25.6. The molecule has 3 saturated heterocycles. The number of likely N-dealkylation sites (tertiary alicyclic amines) is 1. The van der Waals surface area contributed by atoms with Gasteiger partial charge in [0, 0.05) is 12.3 Å². The van der Waals surface area contributed by atoms with Crippen LogP contribution in [0.15, 0.2) is 54.6 Å². The molecule has 7 atom stereocenters. The molecule has 0 aromatic heterocycles. The third kappa shape index (κ3) is 3.81. The second-order valence-electron chi connectivity index (χ2n) is 9.91. The van der Waals surface area contributed by atoms with Gasteiger partial charge in [-0.05, 0) is 36.5 Å². The second-order valence-corrected chi connectivity index (χ2v) is 11.9. The molecule has 3 amide bonds. The highest BCUT2D eigenvalue weighted by Crippen LogP contribution is 2.68. The Balaban J connectivity index is 1.59. The van der Waals surface area contributed by atoms with Crippen molar-refractivity contribution in [3.05, 3.63) is 65.2 Å². The first-order valence-electron chi connectivity index (χ1n) is 12.2. The van der Waals surface area contributed by atoms with Gasteiger partial charge in [0.05, 0.1) is 39.9 Å². The number of aliphatic hydroxyl groups is 1. The van der Waals surface area contributed by atoms with Crippen molar-refractivity contribution >= 4 is 46.8 Å². The fourth-order valence-electron chi connectivity index (χ4n) is 6.52. The Labute approximate surface area is 220 Å². The second kappa shape index (κ2) is 9.72. The summed E-state index contributed by atoms with van der Waals surface area (Å²) in [6.07, 6.45) is 1.15. The number of carbonyl (C=O) groups excluding carboxylic acids is 3. The summed E-state index contributed by atoms with van der Waals surface area (Å²) in [4.78, 5) is 42.8. The van der Waals surface area contributed by atoms with Gasteiger partial charge in [-0.25, -0.2) is 0 Å². The average molecular weight is 528 g/mol. The van der Waals surface area contributed by atoms with E-state index < -0.39 is 28.7 Å². The number of fused-ring (bicyclic) bond motifs is 1. The number of anilines is 1. The SMILES string of the molecule is CNC(=O)[C@@H]1[C@H]2C(=O)N([C@@H](CO)Cc3ccccc3)C(C(=O)Nc3ccccc3Cl)C23S[C@@H]1CC3C. The number of para-hydroxylation sites is 1. The number of amides is 3. The van der Waals surface area contributed by atoms with Crippen molar-refractivity contribution in [2.24, 2.45) is 17.8 Å². The van der Waals surface area contributed by atoms with Crippen molar-refractivity contribution in [3.63, 3.8) is 0 Å². The predicted octanol–water partition coefficient (Wildman–Crippen LogP) is 2.97. The van der Waals surface area contributed by atoms with Crippen molar-refractivity contribution in [1.82, 2.24) is 10.2 Å². The van der Waals surface area contributed by atoms with Gasteiger partial charge in [0.15, 0.2) is 0 Å². The number of hydrogen-bond donors (Lipinski definition) is 3. The Bertz CT molecular complexity index is 1180. The van der Waals surface area contributed by atoms with Crippen molar-refractivity contribution in [1.29, 1.82) is 0 Å². The quantitative estimate of drug-likeness (QED) is 0.514. The summed E-state index contributed by atoms with van der Waals surface area (Å²) in [6.45, 7) is 1.77. The van der Waals surface area contributed by atoms with Crippen LogP contribution in [-0.4, -0.2) is 63.5 Å². The standard InChI is InChI=1S/C27H30ClN3O4S/c1-15-12-20-21(24(33)29-2)22-26(35)31(17(14-32)13-16-8-4-3-5-9-16)23(27(15,22)36-20)25(34)30-19-11-7-6-10-18(19)28/h3-11,15,17,20-23,32H,12-14H2,1-2H3,(H,29,33)(H,30,34)/t15?,17-,20-,21+,22+,23?,27?/m1/s1. The lowest BCUT2D eigenvalue weighted by Gasteiger charge is -2.40. The Kier molecular flexibility index (Phi) is 6.78. The van der Waals surface area contributed by atoms with E-state index in [0.29, 0.717) is 17.1 Å². The molecule has 0 saturated carbocycles. The van der Waals surface area contributed by atoms with E-state index in [1.807, 2.05) is 30.3 Å². The first-order valence-corrected chi connectivity index (χ1v) is 13.5. The molecule has 9 heteroatoms. The van der Waals surface area contributed by atoms with Gasteiger partial charge >= 0.3 is 0 Å². The number of rotatable bonds is 7. The van der Waals surface area contributed by atoms with Crippen molar-refractivity contribution in [2.45, 2.75) is 41.8 Å². The van der Waals surface area contributed by atoms with Crippen LogP contribution in [0.4, 0.5) is 5.69 Å². The van der Waals surface area contributed by atoms with Crippen molar-refractivity contribution in [2.75, 3.05) is 19.0 Å². The Morgan fingerprint density at radius 2 is 1.86 bits per heavy atom. The van der Waals surface area contributed by atoms with E-state index in [9.17, 15) is 19.5 Å². The molecule has 5 rings (SSSR count). The zero-order valence-corrected chi connectivity index (χ0v) is 21.8. The number of nitrogens with zero attached hydrogens (tertiary/aromatic N) is 1. The van der Waals surface area contributed by atoms with Crippen LogP contribution in [0.2, 0.25) is 5.02 Å². The summed E-state index contributed by atoms with van der Waals surface area (Å²) in [5, 5.41) is 16.5. The van der Waals surface area contributed by atoms with Crippen LogP contribution < -0.4 is 10.6 Å². The maximum Gasteiger partial charge on any atom is 0.248 e. The molecule has 0 radical (unpaired) electrons. The van der Waals surface area contributed by atoms with Crippen LogP contribution in [0, 0.1) is 17.8 Å². The fraction of sp³-hybridized carbons (Fsp3) is 0.444. The summed E-state index contributed by atoms with van der Waals surface area (Å²) in [5.74, 6) is -1.87. The van der Waals surface area contributed by atoms with E-state index in [1.54, 1.807) is 48.0 Å². The summed E-state index contributed by atoms with van der Waals surface area (Å²) < 4.78 is -0.769. The molecule has 0 aliphatic carbocycles. The number of thioether (sulfide) groups is 1. The van der Waals surface area contributed by atoms with Gasteiger partial charge in [-0.15, -0.1) is 11.8 Å². The number of nitrogens with one attached hydrogen (secondary N) is 2. The molecule has 2 bridgehead atoms. The smallest absolute Gasteiger partial charge is 0.248 e. The molecule has 3 unspecified atom stereocenters. The van der Waals surface area contributed by atoms with Gasteiger partial charge in [0.1, 0.15) is 6.04 Å². The highest BCUT2D eigenvalue weighted by Gasteiger charge is 2.76. The van der Waals surface area contributed by atoms with Gasteiger partial charge in [-0.3, -0.25) is 14.4 Å². The molecule has 3 heterocycles. The number of benzene rings is 2. The molecule has 3 fully saturated rings. The first kappa shape index (κ1) is 25.1. The molecule has 1 spiro atoms. The number of carbonyl (C=O) groups is 3.